The summed E-state index contributed by atoms with van der Waals surface area (Å²) in [5.41, 5.74) is 4.96. The summed E-state index contributed by atoms with van der Waals surface area (Å²) in [7, 11) is 0. The molecular weight excluding hydrogens is 825 g/mol. The minimum Gasteiger partial charge on any atom is -0.479 e. The van der Waals surface area contributed by atoms with Crippen LogP contribution in [0.1, 0.15) is 53.2 Å². The lowest BCUT2D eigenvalue weighted by Gasteiger charge is -2.24. The highest BCUT2D eigenvalue weighted by atomic mass is 16.5. The average molecular weight is 879 g/mol. The van der Waals surface area contributed by atoms with Crippen molar-refractivity contribution in [1.82, 2.24) is 20.9 Å². The van der Waals surface area contributed by atoms with Gasteiger partial charge in [-0.3, -0.25) is 4.90 Å². The first-order valence-corrected chi connectivity index (χ1v) is 22.1. The monoisotopic (exact) mass is 878 g/mol. The molecule has 16 heteroatoms. The molecule has 3 aromatic heterocycles. The number of furan rings is 3. The van der Waals surface area contributed by atoms with E-state index >= 15 is 0 Å². The molecule has 0 amide bonds. The zero-order chi connectivity index (χ0) is 44.2. The third-order valence-electron chi connectivity index (χ3n) is 12.8. The molecule has 64 heavy (non-hydrogen) atoms. The second-order valence-corrected chi connectivity index (χ2v) is 17.2. The molecule has 0 bridgehead atoms. The number of nitrogens with zero attached hydrogens (tertiary/aromatic N) is 1. The van der Waals surface area contributed by atoms with E-state index < -0.39 is 36.2 Å². The predicted molar refractivity (Wildman–Crippen MR) is 233 cm³/mol. The third-order valence-corrected chi connectivity index (χ3v) is 12.8. The maximum atomic E-state index is 12.1. The summed E-state index contributed by atoms with van der Waals surface area (Å²) in [5, 5.41) is 42.1. The van der Waals surface area contributed by atoms with Crippen molar-refractivity contribution in [2.24, 2.45) is 17.8 Å². The molecule has 0 aliphatic carbocycles. The minimum absolute atomic E-state index is 0.0177. The first kappa shape index (κ1) is 43.7. The van der Waals surface area contributed by atoms with E-state index in [-0.39, 0.29) is 37.6 Å². The molecule has 9 rings (SSSR count). The summed E-state index contributed by atoms with van der Waals surface area (Å²) in [6, 6.07) is 23.5. The maximum absolute atomic E-state index is 12.1. The number of carboxylic acids is 3. The lowest BCUT2D eigenvalue weighted by molar-refractivity contribution is -0.156. The first-order valence-electron chi connectivity index (χ1n) is 22.1. The highest BCUT2D eigenvalue weighted by Gasteiger charge is 2.34. The van der Waals surface area contributed by atoms with Crippen LogP contribution in [0.3, 0.4) is 0 Å². The van der Waals surface area contributed by atoms with Gasteiger partial charge in [0.1, 0.15) is 53.9 Å². The van der Waals surface area contributed by atoms with E-state index in [0.29, 0.717) is 73.3 Å². The lowest BCUT2D eigenvalue weighted by Crippen LogP contribution is -2.33. The number of hydrogen-bond donors (Lipinski definition) is 6. The van der Waals surface area contributed by atoms with Crippen molar-refractivity contribution in [1.29, 1.82) is 0 Å². The molecule has 6 aromatic rings. The smallest absolute Gasteiger partial charge is 0.333 e. The average Bonchev–Trinajstić information content (AvgIpc) is 4.12. The Morgan fingerprint density at radius 2 is 0.844 bits per heavy atom. The van der Waals surface area contributed by atoms with Crippen molar-refractivity contribution >= 4 is 50.8 Å². The number of aliphatic carboxylic acids is 3. The fraction of sp³-hybridized carbons (Fsp3) is 0.438. The zero-order valence-corrected chi connectivity index (χ0v) is 35.5. The van der Waals surface area contributed by atoms with Crippen molar-refractivity contribution < 1.29 is 57.2 Å². The fourth-order valence-corrected chi connectivity index (χ4v) is 9.59. The van der Waals surface area contributed by atoms with Crippen molar-refractivity contribution in [2.75, 3.05) is 39.3 Å². The molecule has 6 unspecified atom stereocenters. The third kappa shape index (κ3) is 9.88. The number of ether oxygens (including phenoxy) is 3. The zero-order valence-electron chi connectivity index (χ0n) is 35.5. The van der Waals surface area contributed by atoms with Crippen LogP contribution in [0.25, 0.3) is 32.9 Å². The molecule has 338 valence electrons. The van der Waals surface area contributed by atoms with Crippen molar-refractivity contribution in [3.05, 3.63) is 107 Å². The van der Waals surface area contributed by atoms with E-state index in [1.807, 2.05) is 54.6 Å². The Balaban J connectivity index is 0.991. The van der Waals surface area contributed by atoms with Crippen LogP contribution in [0, 0.1) is 17.8 Å². The maximum Gasteiger partial charge on any atom is 0.333 e. The van der Waals surface area contributed by atoms with Gasteiger partial charge >= 0.3 is 17.9 Å². The molecule has 3 saturated heterocycles. The second kappa shape index (κ2) is 19.7. The molecular formula is C48H54N4O12. The van der Waals surface area contributed by atoms with Gasteiger partial charge in [-0.25, -0.2) is 14.4 Å². The first-order chi connectivity index (χ1) is 31.2. The Morgan fingerprint density at radius 1 is 0.531 bits per heavy atom. The van der Waals surface area contributed by atoms with Gasteiger partial charge in [0.05, 0.1) is 0 Å². The summed E-state index contributed by atoms with van der Waals surface area (Å²) in [6.07, 6.45) is -0.645. The Morgan fingerprint density at radius 3 is 1.11 bits per heavy atom. The molecule has 0 saturated carbocycles. The van der Waals surface area contributed by atoms with E-state index in [1.165, 1.54) is 0 Å². The number of carbonyl (C=O) groups is 3. The summed E-state index contributed by atoms with van der Waals surface area (Å²) in [6.45, 7) is 5.57. The molecule has 6 atom stereocenters. The highest BCUT2D eigenvalue weighted by molar-refractivity contribution is 5.84. The van der Waals surface area contributed by atoms with Crippen LogP contribution in [0.15, 0.2) is 86.0 Å². The molecule has 3 aliphatic rings. The Bertz CT molecular complexity index is 2300. The number of nitrogens with one attached hydrogen (secondary N) is 3. The molecule has 3 aliphatic heterocycles. The molecule has 6 N–H and O–H groups in total. The van der Waals surface area contributed by atoms with Crippen LogP contribution in [0.2, 0.25) is 0 Å². The molecule has 0 radical (unpaired) electrons. The van der Waals surface area contributed by atoms with E-state index in [2.05, 4.69) is 39.0 Å². The van der Waals surface area contributed by atoms with E-state index in [1.54, 1.807) is 0 Å². The number of fused-ring (bicyclic) bond motifs is 3. The number of hydrogen-bond acceptors (Lipinski definition) is 13. The van der Waals surface area contributed by atoms with Crippen LogP contribution in [0.5, 0.6) is 0 Å². The summed E-state index contributed by atoms with van der Waals surface area (Å²) in [4.78, 5) is 38.7. The Kier molecular flexibility index (Phi) is 13.4. The van der Waals surface area contributed by atoms with Crippen LogP contribution in [-0.2, 0) is 68.0 Å². The van der Waals surface area contributed by atoms with Gasteiger partial charge in [0.25, 0.3) is 0 Å². The molecule has 16 nitrogen and oxygen atoms in total. The molecule has 3 aromatic carbocycles. The van der Waals surface area contributed by atoms with Gasteiger partial charge in [-0.2, -0.15) is 0 Å². The van der Waals surface area contributed by atoms with Gasteiger partial charge in [-0.1, -0.05) is 36.4 Å². The quantitative estimate of drug-likeness (QED) is 0.0499. The van der Waals surface area contributed by atoms with Gasteiger partial charge in [-0.05, 0) is 92.0 Å². The van der Waals surface area contributed by atoms with Crippen LogP contribution in [-0.4, -0.2) is 95.7 Å². The SMILES string of the molecule is O=C(O)C(OCc1cc2c(CN(Cc3cccc4oc(COC(C(=O)O)C5CCNC5)cc34)Cc3cccc4oc(COC(C(=O)O)C5CCNC5)cc34)cccc2o1)C1CCNC1. The number of carboxylic acid groups (broad SMARTS) is 3. The van der Waals surface area contributed by atoms with Gasteiger partial charge in [0.2, 0.25) is 0 Å². The van der Waals surface area contributed by atoms with Gasteiger partial charge in [0, 0.05) is 73.2 Å². The minimum atomic E-state index is -0.988. The van der Waals surface area contributed by atoms with Gasteiger partial charge in [0.15, 0.2) is 18.3 Å². The highest BCUT2D eigenvalue weighted by Crippen LogP contribution is 2.32. The topological polar surface area (TPSA) is 218 Å². The van der Waals surface area contributed by atoms with Crippen molar-refractivity contribution in [3.63, 3.8) is 0 Å². The van der Waals surface area contributed by atoms with Gasteiger partial charge < -0.3 is 58.7 Å². The number of benzene rings is 3. The van der Waals surface area contributed by atoms with Gasteiger partial charge in [-0.15, -0.1) is 0 Å². The summed E-state index contributed by atoms with van der Waals surface area (Å²) >= 11 is 0. The van der Waals surface area contributed by atoms with Crippen LogP contribution < -0.4 is 16.0 Å². The Labute approximate surface area is 368 Å². The van der Waals surface area contributed by atoms with E-state index in [0.717, 1.165) is 71.7 Å². The summed E-state index contributed by atoms with van der Waals surface area (Å²) in [5.74, 6) is -1.73. The lowest BCUT2D eigenvalue weighted by atomic mass is 10.0. The van der Waals surface area contributed by atoms with Crippen molar-refractivity contribution in [3.8, 4) is 0 Å². The van der Waals surface area contributed by atoms with Crippen molar-refractivity contribution in [2.45, 2.75) is 77.0 Å². The Hall–Kier alpha value is -5.59. The summed E-state index contributed by atoms with van der Waals surface area (Å²) < 4.78 is 36.6. The molecule has 0 spiro atoms. The normalized spacial score (nSPS) is 20.5. The van der Waals surface area contributed by atoms with Crippen LogP contribution >= 0.6 is 0 Å². The fourth-order valence-electron chi connectivity index (χ4n) is 9.59. The second-order valence-electron chi connectivity index (χ2n) is 17.2. The van der Waals surface area contributed by atoms with E-state index in [9.17, 15) is 29.7 Å². The van der Waals surface area contributed by atoms with Crippen LogP contribution in [0.4, 0.5) is 0 Å². The largest absolute Gasteiger partial charge is 0.479 e. The standard InChI is InChI=1S/C48H54N4O12/c53-46(54)43(28-10-13-49-19-28)59-25-34-16-37-31(4-1-7-40(37)62-34)22-52(23-32-5-2-8-41-38(32)17-35(63-41)26-60-44(47(55)56)29-11-14-50-20-29)24-33-6-3-9-42-39(33)18-36(64-42)27-61-45(48(57)58)30-12-15-51-21-30/h1-9,16-18,28-30,43-45,49-51H,10-15,19-27H2,(H,53,54)(H,55,56)(H,57,58). The molecule has 6 heterocycles. The number of rotatable bonds is 21. The predicted octanol–water partition coefficient (Wildman–Crippen LogP) is 5.87. The molecule has 3 fully saturated rings. The van der Waals surface area contributed by atoms with E-state index in [4.69, 9.17) is 27.5 Å².